The average Bonchev–Trinajstić information content (AvgIpc) is 3.08. The van der Waals surface area contributed by atoms with Crippen molar-refractivity contribution in [1.82, 2.24) is 25.0 Å². The summed E-state index contributed by atoms with van der Waals surface area (Å²) in [6.45, 7) is 6.75. The highest BCUT2D eigenvalue weighted by molar-refractivity contribution is 5.55. The normalized spacial score (nSPS) is 23.0. The fraction of sp³-hybridized carbons (Fsp3) is 0.579. The second-order valence-corrected chi connectivity index (χ2v) is 7.21. The Balaban J connectivity index is 1.69. The Morgan fingerprint density at radius 3 is 2.80 bits per heavy atom. The highest BCUT2D eigenvalue weighted by Crippen LogP contribution is 2.29. The van der Waals surface area contributed by atoms with Crippen LogP contribution in [0.25, 0.3) is 11.4 Å². The maximum atomic E-state index is 5.99. The molecule has 1 unspecified atom stereocenters. The van der Waals surface area contributed by atoms with E-state index in [-0.39, 0.29) is 6.10 Å². The molecule has 25 heavy (non-hydrogen) atoms. The molecule has 2 fully saturated rings. The van der Waals surface area contributed by atoms with Gasteiger partial charge in [-0.25, -0.2) is 9.67 Å². The van der Waals surface area contributed by atoms with Crippen molar-refractivity contribution in [3.63, 3.8) is 0 Å². The molecule has 2 aliphatic heterocycles. The molecule has 0 radical (unpaired) electrons. The molecule has 1 aromatic carbocycles. The summed E-state index contributed by atoms with van der Waals surface area (Å²) in [7, 11) is 2.19. The number of piperidine rings is 1. The number of rotatable bonds is 3. The first-order valence-corrected chi connectivity index (χ1v) is 9.25. The van der Waals surface area contributed by atoms with Crippen LogP contribution in [0.5, 0.6) is 0 Å². The molecule has 0 amide bonds. The van der Waals surface area contributed by atoms with E-state index in [0.717, 1.165) is 62.8 Å². The molecule has 2 saturated heterocycles. The first kappa shape index (κ1) is 16.7. The number of morpholine rings is 1. The van der Waals surface area contributed by atoms with Gasteiger partial charge in [0.1, 0.15) is 6.10 Å². The van der Waals surface area contributed by atoms with Gasteiger partial charge in [-0.3, -0.25) is 0 Å². The van der Waals surface area contributed by atoms with Gasteiger partial charge in [-0.05, 0) is 46.0 Å². The van der Waals surface area contributed by atoms with E-state index >= 15 is 0 Å². The van der Waals surface area contributed by atoms with Crippen molar-refractivity contribution in [2.24, 2.45) is 0 Å². The summed E-state index contributed by atoms with van der Waals surface area (Å²) in [6, 6.07) is 8.82. The van der Waals surface area contributed by atoms with E-state index < -0.39 is 0 Å². The van der Waals surface area contributed by atoms with Gasteiger partial charge in [0.05, 0.1) is 12.6 Å². The molecule has 1 aromatic heterocycles. The second kappa shape index (κ2) is 7.23. The van der Waals surface area contributed by atoms with Gasteiger partial charge >= 0.3 is 0 Å². The van der Waals surface area contributed by atoms with E-state index in [2.05, 4.69) is 53.1 Å². The zero-order valence-electron chi connectivity index (χ0n) is 15.1. The molecule has 0 bridgehead atoms. The summed E-state index contributed by atoms with van der Waals surface area (Å²) in [6.07, 6.45) is 2.21. The topological polar surface area (TPSA) is 55.2 Å². The molecule has 2 aromatic rings. The SMILES string of the molecule is Cc1cccc(-c2nc(C3CNCCO3)n(C3CCN(C)CC3)n2)c1. The van der Waals surface area contributed by atoms with Gasteiger partial charge in [0.15, 0.2) is 11.6 Å². The lowest BCUT2D eigenvalue weighted by Gasteiger charge is -2.31. The predicted molar refractivity (Wildman–Crippen MR) is 97.5 cm³/mol. The summed E-state index contributed by atoms with van der Waals surface area (Å²) >= 11 is 0. The fourth-order valence-corrected chi connectivity index (χ4v) is 3.70. The lowest BCUT2D eigenvalue weighted by atomic mass is 10.1. The molecule has 134 valence electrons. The number of nitrogens with one attached hydrogen (secondary N) is 1. The predicted octanol–water partition coefficient (Wildman–Crippen LogP) is 2.18. The lowest BCUT2D eigenvalue weighted by Crippen LogP contribution is -2.37. The average molecular weight is 341 g/mol. The van der Waals surface area contributed by atoms with Crippen LogP contribution in [-0.2, 0) is 4.74 Å². The van der Waals surface area contributed by atoms with Gasteiger partial charge in [0.25, 0.3) is 0 Å². The molecule has 6 nitrogen and oxygen atoms in total. The smallest absolute Gasteiger partial charge is 0.181 e. The Kier molecular flexibility index (Phi) is 4.83. The summed E-state index contributed by atoms with van der Waals surface area (Å²) in [4.78, 5) is 7.29. The number of aryl methyl sites for hydroxylation is 1. The molecule has 0 saturated carbocycles. The second-order valence-electron chi connectivity index (χ2n) is 7.21. The van der Waals surface area contributed by atoms with Crippen molar-refractivity contribution < 1.29 is 4.74 Å². The van der Waals surface area contributed by atoms with Crippen molar-refractivity contribution in [3.8, 4) is 11.4 Å². The summed E-state index contributed by atoms with van der Waals surface area (Å²) in [5, 5.41) is 8.34. The molecule has 0 spiro atoms. The molecule has 6 heteroatoms. The Morgan fingerprint density at radius 2 is 2.08 bits per heavy atom. The summed E-state index contributed by atoms with van der Waals surface area (Å²) < 4.78 is 8.15. The monoisotopic (exact) mass is 341 g/mol. The first-order chi connectivity index (χ1) is 12.2. The summed E-state index contributed by atoms with van der Waals surface area (Å²) in [5.41, 5.74) is 2.31. The molecule has 3 heterocycles. The molecule has 1 N–H and O–H groups in total. The van der Waals surface area contributed by atoms with E-state index in [9.17, 15) is 0 Å². The third-order valence-electron chi connectivity index (χ3n) is 5.18. The molecule has 2 aliphatic rings. The van der Waals surface area contributed by atoms with Crippen molar-refractivity contribution in [1.29, 1.82) is 0 Å². The molecule has 4 rings (SSSR count). The van der Waals surface area contributed by atoms with E-state index in [1.54, 1.807) is 0 Å². The Morgan fingerprint density at radius 1 is 1.24 bits per heavy atom. The van der Waals surface area contributed by atoms with E-state index in [0.29, 0.717) is 6.04 Å². The van der Waals surface area contributed by atoms with Gasteiger partial charge < -0.3 is 15.0 Å². The number of hydrogen-bond donors (Lipinski definition) is 1. The van der Waals surface area contributed by atoms with Crippen LogP contribution in [0.2, 0.25) is 0 Å². The van der Waals surface area contributed by atoms with Gasteiger partial charge in [0.2, 0.25) is 0 Å². The van der Waals surface area contributed by atoms with Crippen molar-refractivity contribution in [3.05, 3.63) is 35.7 Å². The number of ether oxygens (including phenoxy) is 1. The van der Waals surface area contributed by atoms with Crippen LogP contribution in [0.3, 0.4) is 0 Å². The van der Waals surface area contributed by atoms with Crippen LogP contribution in [0, 0.1) is 6.92 Å². The van der Waals surface area contributed by atoms with Gasteiger partial charge in [-0.15, -0.1) is 0 Å². The maximum absolute atomic E-state index is 5.99. The number of hydrogen-bond acceptors (Lipinski definition) is 5. The van der Waals surface area contributed by atoms with Crippen LogP contribution >= 0.6 is 0 Å². The van der Waals surface area contributed by atoms with Crippen LogP contribution in [0.15, 0.2) is 24.3 Å². The van der Waals surface area contributed by atoms with E-state index in [1.807, 2.05) is 0 Å². The highest BCUT2D eigenvalue weighted by Gasteiger charge is 2.28. The van der Waals surface area contributed by atoms with Crippen molar-refractivity contribution in [2.45, 2.75) is 31.9 Å². The van der Waals surface area contributed by atoms with Crippen LogP contribution in [0.4, 0.5) is 0 Å². The number of benzene rings is 1. The van der Waals surface area contributed by atoms with Gasteiger partial charge in [-0.2, -0.15) is 5.10 Å². The quantitative estimate of drug-likeness (QED) is 0.927. The van der Waals surface area contributed by atoms with Crippen LogP contribution in [-0.4, -0.2) is 59.5 Å². The minimum Gasteiger partial charge on any atom is -0.368 e. The Labute approximate surface area is 149 Å². The van der Waals surface area contributed by atoms with Gasteiger partial charge in [0, 0.05) is 18.7 Å². The van der Waals surface area contributed by atoms with Crippen LogP contribution < -0.4 is 5.32 Å². The van der Waals surface area contributed by atoms with Crippen molar-refractivity contribution in [2.75, 3.05) is 39.8 Å². The third-order valence-corrected chi connectivity index (χ3v) is 5.18. The Hall–Kier alpha value is -1.76. The molecular weight excluding hydrogens is 314 g/mol. The number of likely N-dealkylation sites (tertiary alicyclic amines) is 1. The van der Waals surface area contributed by atoms with Crippen LogP contribution in [0.1, 0.15) is 36.4 Å². The lowest BCUT2D eigenvalue weighted by molar-refractivity contribution is 0.0171. The highest BCUT2D eigenvalue weighted by atomic mass is 16.5. The largest absolute Gasteiger partial charge is 0.368 e. The molecule has 0 aliphatic carbocycles. The fourth-order valence-electron chi connectivity index (χ4n) is 3.70. The number of aromatic nitrogens is 3. The Bertz CT molecular complexity index is 714. The molecular formula is C19H27N5O. The minimum absolute atomic E-state index is 0.0144. The number of nitrogens with zero attached hydrogens (tertiary/aromatic N) is 4. The first-order valence-electron chi connectivity index (χ1n) is 9.25. The van der Waals surface area contributed by atoms with E-state index in [4.69, 9.17) is 14.8 Å². The minimum atomic E-state index is -0.0144. The van der Waals surface area contributed by atoms with Gasteiger partial charge in [-0.1, -0.05) is 23.8 Å². The molecule has 1 atom stereocenters. The zero-order valence-corrected chi connectivity index (χ0v) is 15.1. The third kappa shape index (κ3) is 3.61. The maximum Gasteiger partial charge on any atom is 0.181 e. The summed E-state index contributed by atoms with van der Waals surface area (Å²) in [5.74, 6) is 1.78. The van der Waals surface area contributed by atoms with E-state index in [1.165, 1.54) is 5.56 Å². The van der Waals surface area contributed by atoms with Crippen molar-refractivity contribution >= 4 is 0 Å². The standard InChI is InChI=1S/C19H27N5O/c1-14-4-3-5-15(12-14)18-21-19(17-13-20-8-11-25-17)24(22-18)16-6-9-23(2)10-7-16/h3-5,12,16-17,20H,6-11,13H2,1-2H3. The zero-order chi connectivity index (χ0) is 17.2.